The smallest absolute Gasteiger partial charge is 0.417 e. The highest BCUT2D eigenvalue weighted by Gasteiger charge is 2.31. The average Bonchev–Trinajstić information content (AvgIpc) is 2.77. The monoisotopic (exact) mass is 480 g/mol. The molecule has 186 valence electrons. The molecule has 0 radical (unpaired) electrons. The van der Waals surface area contributed by atoms with E-state index in [0.29, 0.717) is 30.6 Å². The molecule has 3 heterocycles. The maximum Gasteiger partial charge on any atom is 0.417 e. The van der Waals surface area contributed by atoms with E-state index in [2.05, 4.69) is 29.0 Å². The maximum atomic E-state index is 13.0. The first kappa shape index (κ1) is 25.7. The van der Waals surface area contributed by atoms with E-state index in [1.807, 2.05) is 6.07 Å². The van der Waals surface area contributed by atoms with Crippen molar-refractivity contribution in [3.05, 3.63) is 41.7 Å². The Kier molecular flexibility index (Phi) is 8.35. The molecule has 1 fully saturated rings. The van der Waals surface area contributed by atoms with Crippen LogP contribution in [0.1, 0.15) is 57.1 Å². The number of aromatic nitrogens is 2. The van der Waals surface area contributed by atoms with Crippen molar-refractivity contribution in [3.63, 3.8) is 0 Å². The Morgan fingerprint density at radius 3 is 2.47 bits per heavy atom. The number of rotatable bonds is 9. The van der Waals surface area contributed by atoms with E-state index < -0.39 is 17.7 Å². The Hall–Kier alpha value is -2.88. The van der Waals surface area contributed by atoms with Gasteiger partial charge in [0, 0.05) is 38.2 Å². The van der Waals surface area contributed by atoms with Crippen molar-refractivity contribution in [1.29, 1.82) is 0 Å². The Labute approximate surface area is 197 Å². The number of carboxylic acid groups (broad SMARTS) is 1. The summed E-state index contributed by atoms with van der Waals surface area (Å²) in [7, 11) is 0. The van der Waals surface area contributed by atoms with E-state index in [0.717, 1.165) is 37.2 Å². The number of carboxylic acids is 1. The van der Waals surface area contributed by atoms with Gasteiger partial charge in [0.25, 0.3) is 0 Å². The second-order valence-electron chi connectivity index (χ2n) is 9.08. The zero-order valence-corrected chi connectivity index (χ0v) is 19.6. The summed E-state index contributed by atoms with van der Waals surface area (Å²) in [6.45, 7) is 8.05. The lowest BCUT2D eigenvalue weighted by molar-refractivity contribution is -0.138. The normalized spacial score (nSPS) is 15.9. The van der Waals surface area contributed by atoms with Crippen LogP contribution in [-0.4, -0.2) is 46.8 Å². The number of carbonyl (C=O) groups is 1. The quantitative estimate of drug-likeness (QED) is 0.493. The summed E-state index contributed by atoms with van der Waals surface area (Å²) < 4.78 is 44.4. The molecule has 0 bridgehead atoms. The molecule has 1 saturated heterocycles. The molecule has 0 spiro atoms. The van der Waals surface area contributed by atoms with Crippen LogP contribution in [0.25, 0.3) is 0 Å². The Morgan fingerprint density at radius 2 is 1.91 bits per heavy atom. The van der Waals surface area contributed by atoms with Gasteiger partial charge in [-0.05, 0) is 48.4 Å². The molecule has 10 heteroatoms. The van der Waals surface area contributed by atoms with Crippen LogP contribution < -0.4 is 10.2 Å². The van der Waals surface area contributed by atoms with Crippen molar-refractivity contribution < 1.29 is 27.8 Å². The van der Waals surface area contributed by atoms with Gasteiger partial charge in [-0.3, -0.25) is 4.79 Å². The third kappa shape index (κ3) is 6.82. The number of halogens is 3. The second kappa shape index (κ2) is 11.0. The highest BCUT2D eigenvalue weighted by atomic mass is 19.4. The van der Waals surface area contributed by atoms with Crippen molar-refractivity contribution >= 4 is 23.3 Å². The van der Waals surface area contributed by atoms with Gasteiger partial charge in [0.2, 0.25) is 0 Å². The Bertz CT molecular complexity index is 961. The van der Waals surface area contributed by atoms with Gasteiger partial charge in [-0.15, -0.1) is 0 Å². The van der Waals surface area contributed by atoms with Gasteiger partial charge in [0.1, 0.15) is 5.82 Å². The number of alkyl halides is 3. The third-order valence-electron chi connectivity index (χ3n) is 5.76. The largest absolute Gasteiger partial charge is 0.481 e. The van der Waals surface area contributed by atoms with Crippen molar-refractivity contribution in [2.24, 2.45) is 5.92 Å². The highest BCUT2D eigenvalue weighted by Crippen LogP contribution is 2.35. The van der Waals surface area contributed by atoms with Crippen LogP contribution in [0.5, 0.6) is 0 Å². The number of nitrogens with one attached hydrogen (secondary N) is 1. The molecule has 2 aromatic heterocycles. The molecular formula is C24H31F3N4O3. The van der Waals surface area contributed by atoms with E-state index in [-0.39, 0.29) is 24.2 Å². The van der Waals surface area contributed by atoms with Crippen LogP contribution >= 0.6 is 0 Å². The average molecular weight is 481 g/mol. The first-order valence-electron chi connectivity index (χ1n) is 11.4. The molecule has 0 aromatic carbocycles. The predicted molar refractivity (Wildman–Crippen MR) is 123 cm³/mol. The molecule has 2 aromatic rings. The van der Waals surface area contributed by atoms with Crippen LogP contribution in [0.4, 0.5) is 30.5 Å². The number of hydrogen-bond donors (Lipinski definition) is 2. The Balaban J connectivity index is 2.00. The SMILES string of the molecule is CC(C)CN(c1ncc(C(C)CC(=O)O)cc1Nc1ccc(C(F)(F)F)cn1)C1CCOCC1. The van der Waals surface area contributed by atoms with E-state index >= 15 is 0 Å². The van der Waals surface area contributed by atoms with Gasteiger partial charge in [0.15, 0.2) is 5.82 Å². The molecule has 0 aliphatic carbocycles. The topological polar surface area (TPSA) is 87.6 Å². The molecule has 1 atom stereocenters. The molecular weight excluding hydrogens is 449 g/mol. The van der Waals surface area contributed by atoms with Gasteiger partial charge in [-0.25, -0.2) is 9.97 Å². The molecule has 3 rings (SSSR count). The van der Waals surface area contributed by atoms with E-state index in [9.17, 15) is 23.1 Å². The zero-order valence-electron chi connectivity index (χ0n) is 19.6. The lowest BCUT2D eigenvalue weighted by Gasteiger charge is -2.37. The molecule has 0 amide bonds. The Morgan fingerprint density at radius 1 is 1.21 bits per heavy atom. The van der Waals surface area contributed by atoms with Crippen LogP contribution in [0, 0.1) is 5.92 Å². The van der Waals surface area contributed by atoms with Gasteiger partial charge in [0.05, 0.1) is 17.7 Å². The molecule has 1 unspecified atom stereocenters. The third-order valence-corrected chi connectivity index (χ3v) is 5.76. The molecule has 0 saturated carbocycles. The minimum Gasteiger partial charge on any atom is -0.481 e. The number of nitrogens with zero attached hydrogens (tertiary/aromatic N) is 3. The lowest BCUT2D eigenvalue weighted by atomic mass is 9.98. The molecule has 1 aliphatic heterocycles. The zero-order chi connectivity index (χ0) is 24.9. The summed E-state index contributed by atoms with van der Waals surface area (Å²) in [4.78, 5) is 22.1. The van der Waals surface area contributed by atoms with Crippen LogP contribution in [0.3, 0.4) is 0 Å². The summed E-state index contributed by atoms with van der Waals surface area (Å²) in [5.74, 6) is 0.0392. The van der Waals surface area contributed by atoms with E-state index in [1.165, 1.54) is 6.07 Å². The van der Waals surface area contributed by atoms with E-state index in [4.69, 9.17) is 9.72 Å². The summed E-state index contributed by atoms with van der Waals surface area (Å²) in [5.41, 5.74) is 0.468. The van der Waals surface area contributed by atoms with Crippen molar-refractivity contribution in [2.45, 2.75) is 58.2 Å². The van der Waals surface area contributed by atoms with Gasteiger partial charge < -0.3 is 20.1 Å². The fourth-order valence-corrected chi connectivity index (χ4v) is 4.02. The van der Waals surface area contributed by atoms with Gasteiger partial charge >= 0.3 is 12.1 Å². The fourth-order valence-electron chi connectivity index (χ4n) is 4.02. The summed E-state index contributed by atoms with van der Waals surface area (Å²) >= 11 is 0. The fraction of sp³-hybridized carbons (Fsp3) is 0.542. The van der Waals surface area contributed by atoms with Gasteiger partial charge in [-0.1, -0.05) is 20.8 Å². The minimum absolute atomic E-state index is 0.0608. The molecule has 7 nitrogen and oxygen atoms in total. The molecule has 34 heavy (non-hydrogen) atoms. The second-order valence-corrected chi connectivity index (χ2v) is 9.08. The number of aliphatic carboxylic acids is 1. The van der Waals surface area contributed by atoms with E-state index in [1.54, 1.807) is 13.1 Å². The lowest BCUT2D eigenvalue weighted by Crippen LogP contribution is -2.42. The minimum atomic E-state index is -4.47. The van der Waals surface area contributed by atoms with Crippen LogP contribution in [0.2, 0.25) is 0 Å². The number of anilines is 3. The summed E-state index contributed by atoms with van der Waals surface area (Å²) in [6, 6.07) is 4.28. The molecule has 2 N–H and O–H groups in total. The highest BCUT2D eigenvalue weighted by molar-refractivity contribution is 5.73. The predicted octanol–water partition coefficient (Wildman–Crippen LogP) is 5.46. The summed E-state index contributed by atoms with van der Waals surface area (Å²) in [6.07, 6.45) is -0.388. The van der Waals surface area contributed by atoms with Crippen molar-refractivity contribution in [2.75, 3.05) is 30.0 Å². The maximum absolute atomic E-state index is 13.0. The van der Waals surface area contributed by atoms with Crippen molar-refractivity contribution in [1.82, 2.24) is 9.97 Å². The first-order chi connectivity index (χ1) is 16.0. The van der Waals surface area contributed by atoms with Crippen molar-refractivity contribution in [3.8, 4) is 0 Å². The summed E-state index contributed by atoms with van der Waals surface area (Å²) in [5, 5.41) is 12.3. The molecule has 1 aliphatic rings. The first-order valence-corrected chi connectivity index (χ1v) is 11.4. The van der Waals surface area contributed by atoms with Gasteiger partial charge in [-0.2, -0.15) is 13.2 Å². The number of pyridine rings is 2. The standard InChI is InChI=1S/C24H31F3N4O3/c1-15(2)14-31(19-6-8-34-9-7-19)23-20(11-17(12-29-23)16(3)10-22(32)33)30-21-5-4-18(13-28-21)24(25,26)27/h4-5,11-13,15-16,19H,6-10,14H2,1-3H3,(H,28,30)(H,32,33). The van der Waals surface area contributed by atoms with Crippen LogP contribution in [-0.2, 0) is 15.7 Å². The number of hydrogen-bond acceptors (Lipinski definition) is 6. The number of ether oxygens (including phenoxy) is 1. The van der Waals surface area contributed by atoms with Crippen LogP contribution in [0.15, 0.2) is 30.6 Å².